The Kier molecular flexibility index (Phi) is 7.08. The molecule has 6 nitrogen and oxygen atoms in total. The maximum Gasteiger partial charge on any atom is 0.249 e. The first-order valence-electron chi connectivity index (χ1n) is 10.1. The molecule has 28 heavy (non-hydrogen) atoms. The zero-order chi connectivity index (χ0) is 20.1. The van der Waals surface area contributed by atoms with Crippen molar-refractivity contribution < 1.29 is 9.21 Å². The van der Waals surface area contributed by atoms with Crippen LogP contribution in [0, 0.1) is 0 Å². The molecule has 1 saturated heterocycles. The van der Waals surface area contributed by atoms with Crippen LogP contribution in [0.4, 0.5) is 0 Å². The molecule has 1 fully saturated rings. The van der Waals surface area contributed by atoms with E-state index in [0.29, 0.717) is 42.0 Å². The summed E-state index contributed by atoms with van der Waals surface area (Å²) in [5, 5.41) is 8.87. The van der Waals surface area contributed by atoms with Gasteiger partial charge in [-0.15, -0.1) is 10.2 Å². The number of likely N-dealkylation sites (tertiary alicyclic amines) is 1. The Hall–Kier alpha value is -1.92. The summed E-state index contributed by atoms with van der Waals surface area (Å²) in [6.07, 6.45) is 4.30. The van der Waals surface area contributed by atoms with E-state index in [9.17, 15) is 4.79 Å². The van der Waals surface area contributed by atoms with Gasteiger partial charge < -0.3 is 9.32 Å². The van der Waals surface area contributed by atoms with Gasteiger partial charge in [-0.25, -0.2) is 0 Å². The van der Waals surface area contributed by atoms with Crippen molar-refractivity contribution in [3.8, 4) is 11.5 Å². The lowest BCUT2D eigenvalue weighted by Crippen LogP contribution is -2.51. The van der Waals surface area contributed by atoms with Gasteiger partial charge >= 0.3 is 0 Å². The maximum atomic E-state index is 13.0. The van der Waals surface area contributed by atoms with Crippen molar-refractivity contribution in [2.24, 2.45) is 0 Å². The van der Waals surface area contributed by atoms with Gasteiger partial charge in [0.1, 0.15) is 0 Å². The third kappa shape index (κ3) is 4.92. The molecular weight excluding hydrogens is 376 g/mol. The van der Waals surface area contributed by atoms with Crippen LogP contribution in [0.1, 0.15) is 52.3 Å². The van der Waals surface area contributed by atoms with Crippen LogP contribution in [0.5, 0.6) is 0 Å². The fourth-order valence-electron chi connectivity index (χ4n) is 3.97. The van der Waals surface area contributed by atoms with Crippen LogP contribution in [-0.2, 0) is 11.3 Å². The fraction of sp³-hybridized carbons (Fsp3) is 0.571. The summed E-state index contributed by atoms with van der Waals surface area (Å²) in [5.41, 5.74) is 0.719. The molecule has 1 aliphatic rings. The molecule has 0 radical (unpaired) electrons. The number of nitrogens with zero attached hydrogens (tertiary/aromatic N) is 4. The molecule has 1 aromatic heterocycles. The lowest BCUT2D eigenvalue weighted by Gasteiger charge is -2.40. The number of carbonyl (C=O) groups is 1. The van der Waals surface area contributed by atoms with Crippen LogP contribution in [0.25, 0.3) is 11.5 Å². The quantitative estimate of drug-likeness (QED) is 0.684. The van der Waals surface area contributed by atoms with Crippen LogP contribution in [0.3, 0.4) is 0 Å². The van der Waals surface area contributed by atoms with Crippen LogP contribution in [0.2, 0.25) is 5.02 Å². The lowest BCUT2D eigenvalue weighted by molar-refractivity contribution is -0.138. The van der Waals surface area contributed by atoms with Gasteiger partial charge in [-0.2, -0.15) is 0 Å². The average molecular weight is 405 g/mol. The van der Waals surface area contributed by atoms with E-state index < -0.39 is 0 Å². The van der Waals surface area contributed by atoms with Crippen molar-refractivity contribution in [3.63, 3.8) is 0 Å². The average Bonchev–Trinajstić information content (AvgIpc) is 3.10. The van der Waals surface area contributed by atoms with Gasteiger partial charge in [0.25, 0.3) is 0 Å². The molecule has 152 valence electrons. The van der Waals surface area contributed by atoms with Crippen LogP contribution in [-0.4, -0.2) is 51.1 Å². The molecule has 3 rings (SSSR count). The van der Waals surface area contributed by atoms with Crippen molar-refractivity contribution in [2.45, 2.75) is 65.1 Å². The second kappa shape index (κ2) is 9.52. The topological polar surface area (TPSA) is 62.5 Å². The third-order valence-corrected chi connectivity index (χ3v) is 5.64. The molecule has 0 bridgehead atoms. The molecule has 2 heterocycles. The molecule has 0 aliphatic carbocycles. The van der Waals surface area contributed by atoms with Crippen molar-refractivity contribution in [3.05, 3.63) is 35.2 Å². The summed E-state index contributed by atoms with van der Waals surface area (Å²) in [6, 6.07) is 7.99. The highest BCUT2D eigenvalue weighted by atomic mass is 35.5. The van der Waals surface area contributed by atoms with Gasteiger partial charge in [-0.1, -0.05) is 30.7 Å². The largest absolute Gasteiger partial charge is 0.419 e. The van der Waals surface area contributed by atoms with Crippen LogP contribution in [0.15, 0.2) is 28.7 Å². The van der Waals surface area contributed by atoms with Crippen molar-refractivity contribution >= 4 is 17.5 Å². The molecule has 2 atom stereocenters. The molecule has 0 N–H and O–H groups in total. The highest BCUT2D eigenvalue weighted by molar-refractivity contribution is 6.33. The van der Waals surface area contributed by atoms with E-state index in [2.05, 4.69) is 40.8 Å². The number of hydrogen-bond acceptors (Lipinski definition) is 5. The Labute approximate surface area is 171 Å². The zero-order valence-electron chi connectivity index (χ0n) is 16.9. The summed E-state index contributed by atoms with van der Waals surface area (Å²) >= 11 is 6.22. The molecule has 0 spiro atoms. The molecule has 1 amide bonds. The number of amides is 1. The van der Waals surface area contributed by atoms with Gasteiger partial charge in [0.15, 0.2) is 0 Å². The van der Waals surface area contributed by atoms with Crippen molar-refractivity contribution in [1.29, 1.82) is 0 Å². The van der Waals surface area contributed by atoms with E-state index in [1.165, 1.54) is 6.42 Å². The molecular formula is C21H29ClN4O2. The van der Waals surface area contributed by atoms with E-state index in [-0.39, 0.29) is 5.91 Å². The number of hydrogen-bond donors (Lipinski definition) is 0. The minimum Gasteiger partial charge on any atom is -0.419 e. The van der Waals surface area contributed by atoms with E-state index in [1.54, 1.807) is 6.07 Å². The summed E-state index contributed by atoms with van der Waals surface area (Å²) in [7, 11) is 0. The molecule has 1 aromatic carbocycles. The zero-order valence-corrected chi connectivity index (χ0v) is 17.7. The van der Waals surface area contributed by atoms with Crippen molar-refractivity contribution in [2.75, 3.05) is 13.1 Å². The summed E-state index contributed by atoms with van der Waals surface area (Å²) in [4.78, 5) is 17.1. The highest BCUT2D eigenvalue weighted by Crippen LogP contribution is 2.27. The summed E-state index contributed by atoms with van der Waals surface area (Å²) in [6.45, 7) is 8.01. The predicted octanol–water partition coefficient (Wildman–Crippen LogP) is 4.39. The van der Waals surface area contributed by atoms with Gasteiger partial charge in [0.2, 0.25) is 17.7 Å². The SMILES string of the molecule is CCCN(CC(=O)N1C(C)CCCC1C)Cc1nnc(-c2ccccc2Cl)o1. The van der Waals surface area contributed by atoms with Gasteiger partial charge in [0.05, 0.1) is 23.7 Å². The van der Waals surface area contributed by atoms with Gasteiger partial charge in [-0.05, 0) is 58.2 Å². The minimum absolute atomic E-state index is 0.180. The first-order chi connectivity index (χ1) is 13.5. The number of rotatable bonds is 7. The number of halogens is 1. The minimum atomic E-state index is 0.180. The first kappa shape index (κ1) is 20.8. The Morgan fingerprint density at radius 3 is 2.64 bits per heavy atom. The number of benzene rings is 1. The normalized spacial score (nSPS) is 20.0. The smallest absolute Gasteiger partial charge is 0.249 e. The van der Waals surface area contributed by atoms with E-state index in [1.807, 2.05) is 18.2 Å². The Morgan fingerprint density at radius 2 is 1.96 bits per heavy atom. The molecule has 7 heteroatoms. The highest BCUT2D eigenvalue weighted by Gasteiger charge is 2.30. The summed E-state index contributed by atoms with van der Waals surface area (Å²) < 4.78 is 5.82. The van der Waals surface area contributed by atoms with Crippen molar-refractivity contribution in [1.82, 2.24) is 20.0 Å². The Balaban J connectivity index is 1.68. The maximum absolute atomic E-state index is 13.0. The standard InChI is InChI=1S/C21H29ClN4O2/c1-4-12-25(14-20(27)26-15(2)8-7-9-16(26)3)13-19-23-24-21(28-19)17-10-5-6-11-18(17)22/h5-6,10-11,15-16H,4,7-9,12-14H2,1-3H3. The predicted molar refractivity (Wildman–Crippen MR) is 110 cm³/mol. The van der Waals surface area contributed by atoms with E-state index in [0.717, 1.165) is 31.4 Å². The van der Waals surface area contributed by atoms with E-state index in [4.69, 9.17) is 16.0 Å². The first-order valence-corrected chi connectivity index (χ1v) is 10.5. The molecule has 2 unspecified atom stereocenters. The second-order valence-corrected chi connectivity index (χ2v) is 8.03. The van der Waals surface area contributed by atoms with Gasteiger partial charge in [0, 0.05) is 12.1 Å². The second-order valence-electron chi connectivity index (χ2n) is 7.62. The Morgan fingerprint density at radius 1 is 1.25 bits per heavy atom. The van der Waals surface area contributed by atoms with Gasteiger partial charge in [-0.3, -0.25) is 9.69 Å². The van der Waals surface area contributed by atoms with E-state index >= 15 is 0 Å². The monoisotopic (exact) mass is 404 g/mol. The Bertz CT molecular complexity index is 784. The number of piperidine rings is 1. The third-order valence-electron chi connectivity index (χ3n) is 5.31. The molecule has 1 aliphatic heterocycles. The molecule has 0 saturated carbocycles. The fourth-order valence-corrected chi connectivity index (χ4v) is 4.18. The van der Waals surface area contributed by atoms with Crippen LogP contribution < -0.4 is 0 Å². The number of aromatic nitrogens is 2. The lowest BCUT2D eigenvalue weighted by atomic mass is 9.97. The van der Waals surface area contributed by atoms with Crippen LogP contribution >= 0.6 is 11.6 Å². The summed E-state index contributed by atoms with van der Waals surface area (Å²) in [5.74, 6) is 1.08. The number of carbonyl (C=O) groups excluding carboxylic acids is 1. The molecule has 2 aromatic rings.